The van der Waals surface area contributed by atoms with E-state index < -0.39 is 0 Å². The van der Waals surface area contributed by atoms with E-state index in [1.165, 1.54) is 0 Å². The molecule has 3 rings (SSSR count). The molecule has 0 aliphatic carbocycles. The van der Waals surface area contributed by atoms with Crippen molar-refractivity contribution in [2.45, 2.75) is 12.6 Å². The van der Waals surface area contributed by atoms with Crippen molar-refractivity contribution in [3.63, 3.8) is 0 Å². The lowest BCUT2D eigenvalue weighted by Crippen LogP contribution is -2.44. The molecule has 1 aromatic heterocycles. The third kappa shape index (κ3) is 3.91. The minimum Gasteiger partial charge on any atom is -0.374 e. The summed E-state index contributed by atoms with van der Waals surface area (Å²) in [5, 5.41) is 7.48. The molecule has 1 atom stereocenters. The van der Waals surface area contributed by atoms with Crippen LogP contribution < -0.4 is 5.32 Å². The summed E-state index contributed by atoms with van der Waals surface area (Å²) >= 11 is 0. The molecule has 1 aliphatic heterocycles. The van der Waals surface area contributed by atoms with Gasteiger partial charge in [-0.25, -0.2) is 0 Å². The standard InChI is InChI=1S/C16H21N3O2/c1-19-7-8-20-15(12-19)11-17-10-14-9-16(18-21-14)13-5-3-2-4-6-13/h2-6,9,15,17H,7-8,10-12H2,1H3. The van der Waals surface area contributed by atoms with Crippen LogP contribution in [0, 0.1) is 0 Å². The molecule has 1 aliphatic rings. The molecule has 0 amide bonds. The summed E-state index contributed by atoms with van der Waals surface area (Å²) in [6.45, 7) is 4.29. The van der Waals surface area contributed by atoms with Crippen LogP contribution in [0.4, 0.5) is 0 Å². The van der Waals surface area contributed by atoms with E-state index in [0.29, 0.717) is 6.54 Å². The Morgan fingerprint density at radius 3 is 3.00 bits per heavy atom. The third-order valence-electron chi connectivity index (χ3n) is 3.64. The van der Waals surface area contributed by atoms with Crippen LogP contribution in [0.25, 0.3) is 11.3 Å². The van der Waals surface area contributed by atoms with Gasteiger partial charge in [0, 0.05) is 31.3 Å². The highest BCUT2D eigenvalue weighted by molar-refractivity contribution is 5.58. The average molecular weight is 287 g/mol. The number of rotatable bonds is 5. The van der Waals surface area contributed by atoms with E-state index in [-0.39, 0.29) is 6.10 Å². The molecule has 21 heavy (non-hydrogen) atoms. The molecular weight excluding hydrogens is 266 g/mol. The van der Waals surface area contributed by atoms with Crippen LogP contribution in [0.1, 0.15) is 5.76 Å². The van der Waals surface area contributed by atoms with Crippen LogP contribution in [0.5, 0.6) is 0 Å². The summed E-state index contributed by atoms with van der Waals surface area (Å²) in [6, 6.07) is 12.0. The number of nitrogens with zero attached hydrogens (tertiary/aromatic N) is 2. The number of aromatic nitrogens is 1. The second-order valence-electron chi connectivity index (χ2n) is 5.43. The van der Waals surface area contributed by atoms with Gasteiger partial charge in [-0.1, -0.05) is 35.5 Å². The van der Waals surface area contributed by atoms with Crippen molar-refractivity contribution >= 4 is 0 Å². The molecule has 1 fully saturated rings. The first-order valence-corrected chi connectivity index (χ1v) is 7.33. The molecule has 1 saturated heterocycles. The Morgan fingerprint density at radius 2 is 2.19 bits per heavy atom. The summed E-state index contributed by atoms with van der Waals surface area (Å²) < 4.78 is 11.1. The Hall–Kier alpha value is -1.69. The molecule has 5 heteroatoms. The molecule has 0 spiro atoms. The molecule has 1 unspecified atom stereocenters. The normalized spacial score (nSPS) is 19.8. The lowest BCUT2D eigenvalue weighted by molar-refractivity contribution is -0.0184. The van der Waals surface area contributed by atoms with Crippen molar-refractivity contribution in [3.8, 4) is 11.3 Å². The first-order valence-electron chi connectivity index (χ1n) is 7.33. The van der Waals surface area contributed by atoms with Crippen LogP contribution in [0.15, 0.2) is 40.9 Å². The van der Waals surface area contributed by atoms with Crippen molar-refractivity contribution in [1.82, 2.24) is 15.4 Å². The summed E-state index contributed by atoms with van der Waals surface area (Å²) in [5.74, 6) is 0.845. The maximum absolute atomic E-state index is 5.71. The monoisotopic (exact) mass is 287 g/mol. The van der Waals surface area contributed by atoms with Crippen molar-refractivity contribution in [2.75, 3.05) is 33.3 Å². The van der Waals surface area contributed by atoms with Gasteiger partial charge in [0.05, 0.1) is 19.3 Å². The van der Waals surface area contributed by atoms with Gasteiger partial charge in [0.15, 0.2) is 5.76 Å². The number of benzene rings is 1. The minimum absolute atomic E-state index is 0.250. The zero-order chi connectivity index (χ0) is 14.5. The van der Waals surface area contributed by atoms with Gasteiger partial charge in [-0.2, -0.15) is 0 Å². The second-order valence-corrected chi connectivity index (χ2v) is 5.43. The summed E-state index contributed by atoms with van der Waals surface area (Å²) in [7, 11) is 2.12. The zero-order valence-corrected chi connectivity index (χ0v) is 12.3. The van der Waals surface area contributed by atoms with E-state index in [1.807, 2.05) is 36.4 Å². The number of nitrogens with one attached hydrogen (secondary N) is 1. The minimum atomic E-state index is 0.250. The lowest BCUT2D eigenvalue weighted by atomic mass is 10.1. The van der Waals surface area contributed by atoms with Gasteiger partial charge in [-0.3, -0.25) is 0 Å². The average Bonchev–Trinajstić information content (AvgIpc) is 2.97. The molecule has 2 aromatic rings. The van der Waals surface area contributed by atoms with Gasteiger partial charge < -0.3 is 19.5 Å². The predicted molar refractivity (Wildman–Crippen MR) is 80.9 cm³/mol. The maximum atomic E-state index is 5.71. The molecule has 5 nitrogen and oxygen atoms in total. The van der Waals surface area contributed by atoms with E-state index in [2.05, 4.69) is 22.4 Å². The van der Waals surface area contributed by atoms with E-state index in [9.17, 15) is 0 Å². The van der Waals surface area contributed by atoms with Gasteiger partial charge in [-0.05, 0) is 7.05 Å². The molecule has 0 saturated carbocycles. The van der Waals surface area contributed by atoms with Crippen LogP contribution in [-0.2, 0) is 11.3 Å². The second kappa shape index (κ2) is 6.85. The number of morpholine rings is 1. The smallest absolute Gasteiger partial charge is 0.151 e. The Morgan fingerprint density at radius 1 is 1.33 bits per heavy atom. The summed E-state index contributed by atoms with van der Waals surface area (Å²) in [4.78, 5) is 2.29. The van der Waals surface area contributed by atoms with Crippen molar-refractivity contribution in [3.05, 3.63) is 42.2 Å². The number of hydrogen-bond donors (Lipinski definition) is 1. The fourth-order valence-electron chi connectivity index (χ4n) is 2.49. The topological polar surface area (TPSA) is 50.5 Å². The van der Waals surface area contributed by atoms with Gasteiger partial charge in [0.25, 0.3) is 0 Å². The van der Waals surface area contributed by atoms with Crippen LogP contribution in [0.3, 0.4) is 0 Å². The molecule has 1 aromatic carbocycles. The fraction of sp³-hybridized carbons (Fsp3) is 0.438. The van der Waals surface area contributed by atoms with Crippen molar-refractivity contribution in [2.24, 2.45) is 0 Å². The largest absolute Gasteiger partial charge is 0.374 e. The van der Waals surface area contributed by atoms with E-state index in [1.54, 1.807) is 0 Å². The molecule has 0 bridgehead atoms. The molecule has 2 heterocycles. The van der Waals surface area contributed by atoms with Crippen molar-refractivity contribution < 1.29 is 9.26 Å². The van der Waals surface area contributed by atoms with Gasteiger partial charge in [-0.15, -0.1) is 0 Å². The Labute approximate surface area is 124 Å². The molecule has 0 radical (unpaired) electrons. The lowest BCUT2D eigenvalue weighted by Gasteiger charge is -2.30. The highest BCUT2D eigenvalue weighted by Gasteiger charge is 2.17. The zero-order valence-electron chi connectivity index (χ0n) is 12.3. The number of hydrogen-bond acceptors (Lipinski definition) is 5. The molecule has 1 N–H and O–H groups in total. The van der Waals surface area contributed by atoms with Crippen LogP contribution in [-0.4, -0.2) is 49.4 Å². The Balaban J connectivity index is 1.49. The van der Waals surface area contributed by atoms with Gasteiger partial charge in [0.1, 0.15) is 5.69 Å². The van der Waals surface area contributed by atoms with Gasteiger partial charge in [0.2, 0.25) is 0 Å². The summed E-state index contributed by atoms with van der Waals surface area (Å²) in [6.07, 6.45) is 0.250. The third-order valence-corrected chi connectivity index (χ3v) is 3.64. The SMILES string of the molecule is CN1CCOC(CNCc2cc(-c3ccccc3)no2)C1. The van der Waals surface area contributed by atoms with E-state index in [4.69, 9.17) is 9.26 Å². The highest BCUT2D eigenvalue weighted by Crippen LogP contribution is 2.18. The molecular formula is C16H21N3O2. The van der Waals surface area contributed by atoms with Gasteiger partial charge >= 0.3 is 0 Å². The van der Waals surface area contributed by atoms with Crippen molar-refractivity contribution in [1.29, 1.82) is 0 Å². The first kappa shape index (κ1) is 14.3. The summed E-state index contributed by atoms with van der Waals surface area (Å²) in [5.41, 5.74) is 1.95. The Bertz CT molecular complexity index is 556. The fourth-order valence-corrected chi connectivity index (χ4v) is 2.49. The quantitative estimate of drug-likeness (QED) is 0.908. The highest BCUT2D eigenvalue weighted by atomic mass is 16.5. The van der Waals surface area contributed by atoms with Crippen LogP contribution in [0.2, 0.25) is 0 Å². The van der Waals surface area contributed by atoms with E-state index >= 15 is 0 Å². The molecule has 112 valence electrons. The maximum Gasteiger partial charge on any atom is 0.151 e. The number of likely N-dealkylation sites (N-methyl/N-ethyl adjacent to an activating group) is 1. The van der Waals surface area contributed by atoms with E-state index in [0.717, 1.165) is 43.3 Å². The first-order chi connectivity index (χ1) is 10.3. The predicted octanol–water partition coefficient (Wildman–Crippen LogP) is 1.76. The van der Waals surface area contributed by atoms with Crippen LogP contribution >= 0.6 is 0 Å². The number of ether oxygens (including phenoxy) is 1. The Kier molecular flexibility index (Phi) is 4.65.